The van der Waals surface area contributed by atoms with Crippen molar-refractivity contribution in [2.24, 2.45) is 5.73 Å². The second-order valence-corrected chi connectivity index (χ2v) is 5.65. The molecule has 6 nitrogen and oxygen atoms in total. The normalized spacial score (nSPS) is 18.9. The Kier molecular flexibility index (Phi) is 5.35. The van der Waals surface area contributed by atoms with E-state index >= 15 is 0 Å². The van der Waals surface area contributed by atoms with E-state index in [1.54, 1.807) is 0 Å². The first-order valence-electron chi connectivity index (χ1n) is 7.93. The minimum atomic E-state index is -0.476. The van der Waals surface area contributed by atoms with Gasteiger partial charge in [-0.2, -0.15) is 4.98 Å². The number of hydrogen-bond acceptors (Lipinski definition) is 6. The first-order chi connectivity index (χ1) is 10.2. The molecule has 0 saturated carbocycles. The van der Waals surface area contributed by atoms with Crippen molar-refractivity contribution < 1.29 is 14.0 Å². The van der Waals surface area contributed by atoms with Gasteiger partial charge in [0.15, 0.2) is 0 Å². The average Bonchev–Trinajstić information content (AvgIpc) is 3.02. The van der Waals surface area contributed by atoms with Gasteiger partial charge in [0.05, 0.1) is 5.41 Å². The van der Waals surface area contributed by atoms with Crippen LogP contribution in [0.5, 0.6) is 0 Å². The van der Waals surface area contributed by atoms with Gasteiger partial charge in [0, 0.05) is 39.2 Å². The standard InChI is InChI=1S/C15H27N3O3/c1-4-14(5-2,11-16)13-17-12(18-21-13)15(20-6-3)7-9-19-10-8-15/h4-11,16H2,1-3H3. The van der Waals surface area contributed by atoms with E-state index in [4.69, 9.17) is 19.7 Å². The van der Waals surface area contributed by atoms with Crippen LogP contribution in [0.25, 0.3) is 0 Å². The van der Waals surface area contributed by atoms with E-state index < -0.39 is 5.60 Å². The van der Waals surface area contributed by atoms with E-state index in [0.29, 0.717) is 38.1 Å². The Labute approximate surface area is 126 Å². The van der Waals surface area contributed by atoms with Gasteiger partial charge in [0.2, 0.25) is 11.7 Å². The maximum absolute atomic E-state index is 5.99. The minimum Gasteiger partial charge on any atom is -0.381 e. The van der Waals surface area contributed by atoms with E-state index in [1.165, 1.54) is 0 Å². The summed E-state index contributed by atoms with van der Waals surface area (Å²) in [5.74, 6) is 1.28. The molecule has 0 aromatic carbocycles. The van der Waals surface area contributed by atoms with Crippen LogP contribution in [0.15, 0.2) is 4.52 Å². The highest BCUT2D eigenvalue weighted by Crippen LogP contribution is 2.36. The van der Waals surface area contributed by atoms with Gasteiger partial charge in [-0.25, -0.2) is 0 Å². The summed E-state index contributed by atoms with van der Waals surface area (Å²) in [4.78, 5) is 4.67. The van der Waals surface area contributed by atoms with Crippen molar-refractivity contribution in [1.82, 2.24) is 10.1 Å². The molecule has 0 bridgehead atoms. The molecule has 1 aromatic rings. The highest BCUT2D eigenvalue weighted by Gasteiger charge is 2.42. The Morgan fingerprint density at radius 2 is 1.90 bits per heavy atom. The number of nitrogens with zero attached hydrogens (tertiary/aromatic N) is 2. The van der Waals surface area contributed by atoms with E-state index in [-0.39, 0.29) is 5.41 Å². The van der Waals surface area contributed by atoms with Gasteiger partial charge in [-0.3, -0.25) is 0 Å². The van der Waals surface area contributed by atoms with Crippen molar-refractivity contribution in [3.05, 3.63) is 11.7 Å². The zero-order chi connectivity index (χ0) is 15.3. The fourth-order valence-corrected chi connectivity index (χ4v) is 2.96. The summed E-state index contributed by atoms with van der Waals surface area (Å²) in [7, 11) is 0. The maximum atomic E-state index is 5.99. The maximum Gasteiger partial charge on any atom is 0.234 e. The smallest absolute Gasteiger partial charge is 0.234 e. The molecule has 0 spiro atoms. The lowest BCUT2D eigenvalue weighted by Gasteiger charge is -2.34. The Hall–Kier alpha value is -0.980. The molecular formula is C15H27N3O3. The van der Waals surface area contributed by atoms with E-state index in [2.05, 4.69) is 24.0 Å². The van der Waals surface area contributed by atoms with Gasteiger partial charge in [-0.15, -0.1) is 0 Å². The molecule has 2 rings (SSSR count). The molecule has 2 N–H and O–H groups in total. The summed E-state index contributed by atoms with van der Waals surface area (Å²) < 4.78 is 17.0. The number of nitrogens with two attached hydrogens (primary N) is 1. The third-order valence-corrected chi connectivity index (χ3v) is 4.75. The highest BCUT2D eigenvalue weighted by molar-refractivity contribution is 5.10. The van der Waals surface area contributed by atoms with Gasteiger partial charge in [-0.1, -0.05) is 19.0 Å². The molecule has 0 amide bonds. The van der Waals surface area contributed by atoms with Gasteiger partial charge in [0.25, 0.3) is 0 Å². The molecule has 2 heterocycles. The molecule has 120 valence electrons. The molecule has 1 fully saturated rings. The Morgan fingerprint density at radius 1 is 1.24 bits per heavy atom. The third-order valence-electron chi connectivity index (χ3n) is 4.75. The minimum absolute atomic E-state index is 0.232. The Morgan fingerprint density at radius 3 is 2.43 bits per heavy atom. The lowest BCUT2D eigenvalue weighted by molar-refractivity contribution is -0.118. The van der Waals surface area contributed by atoms with Crippen molar-refractivity contribution in [3.8, 4) is 0 Å². The van der Waals surface area contributed by atoms with Gasteiger partial charge < -0.3 is 19.7 Å². The van der Waals surface area contributed by atoms with Crippen LogP contribution in [0.2, 0.25) is 0 Å². The summed E-state index contributed by atoms with van der Waals surface area (Å²) >= 11 is 0. The summed E-state index contributed by atoms with van der Waals surface area (Å²) in [6.45, 7) is 8.64. The van der Waals surface area contributed by atoms with Crippen molar-refractivity contribution in [3.63, 3.8) is 0 Å². The molecule has 0 radical (unpaired) electrons. The summed E-state index contributed by atoms with van der Waals surface area (Å²) in [6.07, 6.45) is 3.28. The van der Waals surface area contributed by atoms with Crippen LogP contribution in [0.1, 0.15) is 58.2 Å². The monoisotopic (exact) mass is 297 g/mol. The van der Waals surface area contributed by atoms with Crippen molar-refractivity contribution in [2.45, 2.75) is 57.5 Å². The van der Waals surface area contributed by atoms with Crippen molar-refractivity contribution in [2.75, 3.05) is 26.4 Å². The quantitative estimate of drug-likeness (QED) is 0.830. The highest BCUT2D eigenvalue weighted by atomic mass is 16.5. The first-order valence-corrected chi connectivity index (χ1v) is 7.93. The topological polar surface area (TPSA) is 83.4 Å². The zero-order valence-corrected chi connectivity index (χ0v) is 13.4. The lowest BCUT2D eigenvalue weighted by Crippen LogP contribution is -2.38. The van der Waals surface area contributed by atoms with Crippen LogP contribution in [0.4, 0.5) is 0 Å². The summed E-state index contributed by atoms with van der Waals surface area (Å²) in [5.41, 5.74) is 5.25. The van der Waals surface area contributed by atoms with Crippen LogP contribution in [-0.2, 0) is 20.5 Å². The van der Waals surface area contributed by atoms with Crippen LogP contribution in [0.3, 0.4) is 0 Å². The Balaban J connectivity index is 2.32. The molecule has 0 atom stereocenters. The predicted molar refractivity (Wildman–Crippen MR) is 79.0 cm³/mol. The molecule has 21 heavy (non-hydrogen) atoms. The molecule has 1 aliphatic rings. The molecule has 0 aliphatic carbocycles. The van der Waals surface area contributed by atoms with E-state index in [9.17, 15) is 0 Å². The SMILES string of the molecule is CCOC1(c2noc(C(CC)(CC)CN)n2)CCOCC1. The Bertz CT molecular complexity index is 423. The summed E-state index contributed by atoms with van der Waals surface area (Å²) in [5, 5.41) is 4.22. The van der Waals surface area contributed by atoms with E-state index in [0.717, 1.165) is 25.7 Å². The van der Waals surface area contributed by atoms with Gasteiger partial charge >= 0.3 is 0 Å². The van der Waals surface area contributed by atoms with Crippen LogP contribution >= 0.6 is 0 Å². The first kappa shape index (κ1) is 16.4. The number of rotatable bonds is 7. The predicted octanol–water partition coefficient (Wildman–Crippen LogP) is 2.13. The van der Waals surface area contributed by atoms with Crippen molar-refractivity contribution in [1.29, 1.82) is 0 Å². The lowest BCUT2D eigenvalue weighted by atomic mass is 9.82. The largest absolute Gasteiger partial charge is 0.381 e. The van der Waals surface area contributed by atoms with Crippen LogP contribution in [0, 0.1) is 0 Å². The zero-order valence-electron chi connectivity index (χ0n) is 13.4. The number of hydrogen-bond donors (Lipinski definition) is 1. The molecular weight excluding hydrogens is 270 g/mol. The van der Waals surface area contributed by atoms with Crippen molar-refractivity contribution >= 4 is 0 Å². The molecule has 1 aromatic heterocycles. The fraction of sp³-hybridized carbons (Fsp3) is 0.867. The van der Waals surface area contributed by atoms with Gasteiger partial charge in [-0.05, 0) is 19.8 Å². The summed E-state index contributed by atoms with van der Waals surface area (Å²) in [6, 6.07) is 0. The molecule has 6 heteroatoms. The number of ether oxygens (including phenoxy) is 2. The fourth-order valence-electron chi connectivity index (χ4n) is 2.96. The molecule has 1 aliphatic heterocycles. The second kappa shape index (κ2) is 6.85. The van der Waals surface area contributed by atoms with Gasteiger partial charge in [0.1, 0.15) is 5.60 Å². The number of aromatic nitrogens is 2. The third kappa shape index (κ3) is 2.98. The van der Waals surface area contributed by atoms with Crippen LogP contribution in [-0.4, -0.2) is 36.5 Å². The second-order valence-electron chi connectivity index (χ2n) is 5.65. The molecule has 1 saturated heterocycles. The molecule has 0 unspecified atom stereocenters. The van der Waals surface area contributed by atoms with E-state index in [1.807, 2.05) is 6.92 Å². The average molecular weight is 297 g/mol. The van der Waals surface area contributed by atoms with Crippen LogP contribution < -0.4 is 5.73 Å².